The van der Waals surface area contributed by atoms with Crippen molar-refractivity contribution >= 4 is 11.6 Å². The number of carbonyl (C=O) groups is 1. The van der Waals surface area contributed by atoms with Crippen LogP contribution in [0.4, 0.5) is 0 Å². The first kappa shape index (κ1) is 21.0. The van der Waals surface area contributed by atoms with E-state index >= 15 is 0 Å². The molecule has 1 saturated heterocycles. The lowest BCUT2D eigenvalue weighted by molar-refractivity contribution is -0.134. The lowest BCUT2D eigenvalue weighted by Gasteiger charge is -2.33. The molecule has 168 valence electrons. The average Bonchev–Trinajstić information content (AvgIpc) is 3.42. The molecule has 0 radical (unpaired) electrons. The molecular formula is C25H30N4O3. The normalized spacial score (nSPS) is 21.2. The number of ether oxygens (including phenoxy) is 2. The Morgan fingerprint density at radius 2 is 1.81 bits per heavy atom. The summed E-state index contributed by atoms with van der Waals surface area (Å²) in [7, 11) is 2.12. The molecular weight excluding hydrogens is 404 g/mol. The van der Waals surface area contributed by atoms with Gasteiger partial charge in [0.25, 0.3) is 5.91 Å². The van der Waals surface area contributed by atoms with Gasteiger partial charge in [-0.25, -0.2) is 5.01 Å². The van der Waals surface area contributed by atoms with Crippen molar-refractivity contribution in [2.24, 2.45) is 5.10 Å². The molecule has 0 bridgehead atoms. The lowest BCUT2D eigenvalue weighted by atomic mass is 9.95. The summed E-state index contributed by atoms with van der Waals surface area (Å²) in [6.45, 7) is 8.59. The number of rotatable bonds is 4. The molecule has 7 nitrogen and oxygen atoms in total. The predicted octanol–water partition coefficient (Wildman–Crippen LogP) is 2.96. The summed E-state index contributed by atoms with van der Waals surface area (Å²) in [6, 6.07) is 12.2. The van der Waals surface area contributed by atoms with Gasteiger partial charge in [0.1, 0.15) is 0 Å². The summed E-state index contributed by atoms with van der Waals surface area (Å²) in [6.07, 6.45) is 0.679. The van der Waals surface area contributed by atoms with Crippen LogP contribution in [0.25, 0.3) is 0 Å². The van der Waals surface area contributed by atoms with Crippen molar-refractivity contribution < 1.29 is 14.3 Å². The van der Waals surface area contributed by atoms with Crippen LogP contribution in [0.15, 0.2) is 41.5 Å². The zero-order valence-corrected chi connectivity index (χ0v) is 19.0. The van der Waals surface area contributed by atoms with Crippen molar-refractivity contribution in [2.45, 2.75) is 26.3 Å². The third-order valence-corrected chi connectivity index (χ3v) is 6.59. The number of piperazine rings is 1. The Kier molecular flexibility index (Phi) is 5.61. The number of likely N-dealkylation sites (N-methyl/N-ethyl adjacent to an activating group) is 1. The molecule has 3 aliphatic heterocycles. The van der Waals surface area contributed by atoms with E-state index < -0.39 is 0 Å². The van der Waals surface area contributed by atoms with E-state index in [4.69, 9.17) is 14.6 Å². The average molecular weight is 435 g/mol. The Balaban J connectivity index is 1.44. The first-order chi connectivity index (χ1) is 15.5. The van der Waals surface area contributed by atoms with Crippen molar-refractivity contribution in [2.75, 3.05) is 46.6 Å². The SMILES string of the molecule is Cc1ccc(C2=NN(C(=O)CN3CCN(C)CC3)C(c3ccc4c(c3)OCO4)C2)c(C)c1. The lowest BCUT2D eigenvalue weighted by Crippen LogP contribution is -2.48. The Bertz CT molecular complexity index is 1060. The highest BCUT2D eigenvalue weighted by atomic mass is 16.7. The molecule has 1 amide bonds. The molecule has 0 saturated carbocycles. The van der Waals surface area contributed by atoms with Gasteiger partial charge >= 0.3 is 0 Å². The third-order valence-electron chi connectivity index (χ3n) is 6.59. The number of hydrogen-bond donors (Lipinski definition) is 0. The number of aryl methyl sites for hydroxylation is 2. The zero-order chi connectivity index (χ0) is 22.2. The summed E-state index contributed by atoms with van der Waals surface area (Å²) in [4.78, 5) is 18.0. The highest BCUT2D eigenvalue weighted by molar-refractivity contribution is 6.04. The highest BCUT2D eigenvalue weighted by Crippen LogP contribution is 2.39. The van der Waals surface area contributed by atoms with Crippen molar-refractivity contribution in [1.29, 1.82) is 0 Å². The predicted molar refractivity (Wildman–Crippen MR) is 123 cm³/mol. The maximum Gasteiger partial charge on any atom is 0.257 e. The first-order valence-corrected chi connectivity index (χ1v) is 11.3. The summed E-state index contributed by atoms with van der Waals surface area (Å²) in [5, 5.41) is 6.57. The van der Waals surface area contributed by atoms with Gasteiger partial charge < -0.3 is 14.4 Å². The van der Waals surface area contributed by atoms with Gasteiger partial charge in [-0.2, -0.15) is 5.10 Å². The van der Waals surface area contributed by atoms with Gasteiger partial charge in [0.2, 0.25) is 6.79 Å². The highest BCUT2D eigenvalue weighted by Gasteiger charge is 2.35. The molecule has 0 spiro atoms. The molecule has 2 aromatic carbocycles. The minimum Gasteiger partial charge on any atom is -0.454 e. The fraction of sp³-hybridized carbons (Fsp3) is 0.440. The van der Waals surface area contributed by atoms with Crippen LogP contribution < -0.4 is 9.47 Å². The minimum absolute atomic E-state index is 0.0389. The molecule has 1 atom stereocenters. The van der Waals surface area contributed by atoms with Crippen LogP contribution >= 0.6 is 0 Å². The fourth-order valence-corrected chi connectivity index (χ4v) is 4.69. The quantitative estimate of drug-likeness (QED) is 0.741. The molecule has 1 unspecified atom stereocenters. The van der Waals surface area contributed by atoms with Gasteiger partial charge in [-0.15, -0.1) is 0 Å². The smallest absolute Gasteiger partial charge is 0.257 e. The van der Waals surface area contributed by atoms with Crippen molar-refractivity contribution in [3.8, 4) is 11.5 Å². The van der Waals surface area contributed by atoms with Crippen LogP contribution in [-0.2, 0) is 4.79 Å². The number of fused-ring (bicyclic) bond motifs is 1. The molecule has 0 N–H and O–H groups in total. The van der Waals surface area contributed by atoms with E-state index in [1.165, 1.54) is 11.1 Å². The standard InChI is InChI=1S/C25H30N4O3/c1-17-4-6-20(18(2)12-17)21-14-22(19-5-7-23-24(13-19)32-16-31-23)29(26-21)25(30)15-28-10-8-27(3)9-11-28/h4-7,12-13,22H,8-11,14-16H2,1-3H3. The first-order valence-electron chi connectivity index (χ1n) is 11.3. The topological polar surface area (TPSA) is 57.6 Å². The number of hydrazone groups is 1. The summed E-state index contributed by atoms with van der Waals surface area (Å²) >= 11 is 0. The monoisotopic (exact) mass is 434 g/mol. The second-order valence-corrected chi connectivity index (χ2v) is 9.02. The van der Waals surface area contributed by atoms with E-state index in [-0.39, 0.29) is 18.7 Å². The van der Waals surface area contributed by atoms with E-state index in [9.17, 15) is 4.79 Å². The third kappa shape index (κ3) is 4.10. The van der Waals surface area contributed by atoms with Gasteiger partial charge in [-0.3, -0.25) is 9.69 Å². The minimum atomic E-state index is -0.153. The van der Waals surface area contributed by atoms with Gasteiger partial charge in [-0.05, 0) is 44.2 Å². The van der Waals surface area contributed by atoms with Crippen molar-refractivity contribution in [3.05, 3.63) is 58.7 Å². The van der Waals surface area contributed by atoms with Crippen LogP contribution in [0, 0.1) is 13.8 Å². The second kappa shape index (κ2) is 8.56. The number of amides is 1. The van der Waals surface area contributed by atoms with Crippen LogP contribution in [0.1, 0.15) is 34.7 Å². The Morgan fingerprint density at radius 1 is 1.03 bits per heavy atom. The fourth-order valence-electron chi connectivity index (χ4n) is 4.69. The van der Waals surface area contributed by atoms with Crippen LogP contribution in [-0.4, -0.2) is 73.0 Å². The van der Waals surface area contributed by atoms with Crippen LogP contribution in [0.3, 0.4) is 0 Å². The molecule has 2 aromatic rings. The summed E-state index contributed by atoms with van der Waals surface area (Å²) in [5.74, 6) is 1.52. The van der Waals surface area contributed by atoms with E-state index in [1.54, 1.807) is 5.01 Å². The van der Waals surface area contributed by atoms with Gasteiger partial charge in [0, 0.05) is 38.2 Å². The van der Waals surface area contributed by atoms with Crippen molar-refractivity contribution in [1.82, 2.24) is 14.8 Å². The van der Waals surface area contributed by atoms with Gasteiger partial charge in [0.15, 0.2) is 11.5 Å². The van der Waals surface area contributed by atoms with Gasteiger partial charge in [-0.1, -0.05) is 29.8 Å². The van der Waals surface area contributed by atoms with E-state index in [2.05, 4.69) is 48.9 Å². The van der Waals surface area contributed by atoms with Crippen molar-refractivity contribution in [3.63, 3.8) is 0 Å². The van der Waals surface area contributed by atoms with Crippen LogP contribution in [0.2, 0.25) is 0 Å². The molecule has 3 aliphatic rings. The van der Waals surface area contributed by atoms with E-state index in [0.717, 1.165) is 54.5 Å². The van der Waals surface area contributed by atoms with E-state index in [1.807, 2.05) is 18.2 Å². The summed E-state index contributed by atoms with van der Waals surface area (Å²) < 4.78 is 11.1. The maximum atomic E-state index is 13.4. The largest absolute Gasteiger partial charge is 0.454 e. The molecule has 3 heterocycles. The molecule has 1 fully saturated rings. The molecule has 7 heteroatoms. The van der Waals surface area contributed by atoms with E-state index in [0.29, 0.717) is 13.0 Å². The number of hydrogen-bond acceptors (Lipinski definition) is 6. The molecule has 32 heavy (non-hydrogen) atoms. The summed E-state index contributed by atoms with van der Waals surface area (Å²) in [5.41, 5.74) is 5.49. The number of carbonyl (C=O) groups excluding carboxylic acids is 1. The molecule has 0 aliphatic carbocycles. The number of nitrogens with zero attached hydrogens (tertiary/aromatic N) is 4. The molecule has 5 rings (SSSR count). The Labute approximate surface area is 189 Å². The maximum absolute atomic E-state index is 13.4. The Morgan fingerprint density at radius 3 is 2.59 bits per heavy atom. The molecule has 0 aromatic heterocycles. The van der Waals surface area contributed by atoms with Crippen LogP contribution in [0.5, 0.6) is 11.5 Å². The number of benzene rings is 2. The zero-order valence-electron chi connectivity index (χ0n) is 19.0. The second-order valence-electron chi connectivity index (χ2n) is 9.02. The Hall–Kier alpha value is -2.90. The van der Waals surface area contributed by atoms with Gasteiger partial charge in [0.05, 0.1) is 18.3 Å².